The average molecular weight is 346 g/mol. The molecule has 25 heavy (non-hydrogen) atoms. The van der Waals surface area contributed by atoms with Crippen LogP contribution < -0.4 is 10.2 Å². The first-order valence-electron chi connectivity index (χ1n) is 7.34. The zero-order valence-electron chi connectivity index (χ0n) is 12.8. The molecule has 0 amide bonds. The first-order chi connectivity index (χ1) is 12.3. The molecule has 3 aromatic rings. The molecule has 0 fully saturated rings. The Bertz CT molecular complexity index is 1070. The molecule has 0 saturated heterocycles. The lowest BCUT2D eigenvalue weighted by Gasteiger charge is -2.08. The fourth-order valence-electron chi connectivity index (χ4n) is 2.43. The summed E-state index contributed by atoms with van der Waals surface area (Å²) >= 11 is 1.20. The molecule has 0 unspecified atom stereocenters. The van der Waals surface area contributed by atoms with Crippen molar-refractivity contribution in [3.8, 4) is 17.9 Å². The van der Waals surface area contributed by atoms with Crippen LogP contribution in [0.4, 0.5) is 0 Å². The number of ether oxygens (including phenoxy) is 1. The molecule has 0 radical (unpaired) electrons. The van der Waals surface area contributed by atoms with Crippen molar-refractivity contribution in [3.05, 3.63) is 58.9 Å². The highest BCUT2D eigenvalue weighted by molar-refractivity contribution is 8.03. The Kier molecular flexibility index (Phi) is 3.73. The van der Waals surface area contributed by atoms with E-state index in [2.05, 4.69) is 15.6 Å². The zero-order chi connectivity index (χ0) is 17.2. The Morgan fingerprint density at radius 1 is 1.12 bits per heavy atom. The van der Waals surface area contributed by atoms with Gasteiger partial charge in [0.2, 0.25) is 5.16 Å². The third-order valence-electron chi connectivity index (χ3n) is 3.65. The van der Waals surface area contributed by atoms with Crippen molar-refractivity contribution in [1.82, 2.24) is 14.9 Å². The van der Waals surface area contributed by atoms with Gasteiger partial charge in [-0.2, -0.15) is 10.5 Å². The molecule has 2 heterocycles. The van der Waals surface area contributed by atoms with Gasteiger partial charge in [-0.15, -0.1) is 10.2 Å². The average Bonchev–Trinajstić information content (AvgIpc) is 3.22. The second kappa shape index (κ2) is 6.19. The van der Waals surface area contributed by atoms with E-state index in [-0.39, 0.29) is 12.2 Å². The van der Waals surface area contributed by atoms with Gasteiger partial charge >= 0.3 is 0 Å². The van der Waals surface area contributed by atoms with E-state index in [9.17, 15) is 0 Å². The number of hydrogen-bond acceptors (Lipinski definition) is 7. The maximum absolute atomic E-state index is 8.96. The normalized spacial score (nSPS) is 12.2. The third kappa shape index (κ3) is 2.75. The largest absolute Gasteiger partial charge is 0.486 e. The van der Waals surface area contributed by atoms with Gasteiger partial charge < -0.3 is 4.74 Å². The summed E-state index contributed by atoms with van der Waals surface area (Å²) in [5, 5.41) is 29.3. The predicted octanol–water partition coefficient (Wildman–Crippen LogP) is 2.92. The van der Waals surface area contributed by atoms with Gasteiger partial charge in [-0.3, -0.25) is 5.43 Å². The summed E-state index contributed by atoms with van der Waals surface area (Å²) in [5.41, 5.74) is 2.97. The molecular weight excluding hydrogens is 336 g/mol. The fourth-order valence-corrected chi connectivity index (χ4v) is 3.26. The minimum Gasteiger partial charge on any atom is -0.486 e. The van der Waals surface area contributed by atoms with E-state index in [0.29, 0.717) is 16.0 Å². The molecule has 0 aliphatic carbocycles. The minimum absolute atomic E-state index is 0.0110. The van der Waals surface area contributed by atoms with Crippen LogP contribution in [0.5, 0.6) is 5.75 Å². The van der Waals surface area contributed by atoms with Crippen molar-refractivity contribution in [2.45, 2.75) is 11.8 Å². The molecule has 0 saturated carbocycles. The van der Waals surface area contributed by atoms with Crippen molar-refractivity contribution in [1.29, 1.82) is 10.5 Å². The number of hydrogen-bond donors (Lipinski definition) is 1. The molecule has 2 aromatic carbocycles. The van der Waals surface area contributed by atoms with Gasteiger partial charge in [-0.25, -0.2) is 4.68 Å². The molecule has 8 heteroatoms. The quantitative estimate of drug-likeness (QED) is 0.728. The van der Waals surface area contributed by atoms with Crippen LogP contribution in [0.15, 0.2) is 58.2 Å². The van der Waals surface area contributed by atoms with Crippen LogP contribution in [0.2, 0.25) is 0 Å². The van der Waals surface area contributed by atoms with Gasteiger partial charge in [0.15, 0.2) is 11.4 Å². The van der Waals surface area contributed by atoms with Crippen LogP contribution in [0.1, 0.15) is 5.82 Å². The van der Waals surface area contributed by atoms with Gasteiger partial charge in [0.25, 0.3) is 0 Å². The summed E-state index contributed by atoms with van der Waals surface area (Å²) in [6.07, 6.45) is 0. The third-order valence-corrected chi connectivity index (χ3v) is 4.59. The van der Waals surface area contributed by atoms with Gasteiger partial charge in [0.05, 0.1) is 0 Å². The number of nitrogens with zero attached hydrogens (tertiary/aromatic N) is 5. The first-order valence-corrected chi connectivity index (χ1v) is 8.15. The Morgan fingerprint density at radius 3 is 2.72 bits per heavy atom. The molecule has 0 atom stereocenters. The first kappa shape index (κ1) is 15.1. The standard InChI is InChI=1S/C17H10N6OS/c18-8-13(9-19)16-22-23-15(20-21-17(23)25-16)10-24-14-6-5-11-3-1-2-4-12(11)7-14/h1-7,22H,10H2. The van der Waals surface area contributed by atoms with E-state index in [0.717, 1.165) is 16.5 Å². The smallest absolute Gasteiger partial charge is 0.216 e. The summed E-state index contributed by atoms with van der Waals surface area (Å²) in [6, 6.07) is 17.6. The monoisotopic (exact) mass is 346 g/mol. The lowest BCUT2D eigenvalue weighted by Crippen LogP contribution is -2.14. The number of benzene rings is 2. The molecule has 1 N–H and O–H groups in total. The zero-order valence-corrected chi connectivity index (χ0v) is 13.6. The van der Waals surface area contributed by atoms with Crippen molar-refractivity contribution >= 4 is 22.5 Å². The lowest BCUT2D eigenvalue weighted by molar-refractivity contribution is 0.292. The lowest BCUT2D eigenvalue weighted by atomic mass is 10.1. The van der Waals surface area contributed by atoms with Gasteiger partial charge in [-0.05, 0) is 34.7 Å². The maximum atomic E-state index is 8.96. The molecule has 1 aliphatic rings. The highest BCUT2D eigenvalue weighted by atomic mass is 32.2. The maximum Gasteiger partial charge on any atom is 0.216 e. The SMILES string of the molecule is N#CC(C#N)=C1Nn2c(COc3ccc4ccccc4c3)nnc2S1. The van der Waals surface area contributed by atoms with Crippen LogP contribution in [-0.4, -0.2) is 14.9 Å². The number of nitriles is 2. The minimum atomic E-state index is 0.0110. The Hall–Kier alpha value is -3.49. The number of rotatable bonds is 3. The number of nitrogens with one attached hydrogen (secondary N) is 1. The molecule has 0 spiro atoms. The van der Waals surface area contributed by atoms with Crippen molar-refractivity contribution in [3.63, 3.8) is 0 Å². The van der Waals surface area contributed by atoms with Crippen LogP contribution in [0.25, 0.3) is 10.8 Å². The molecular formula is C17H10N6OS. The topological polar surface area (TPSA) is 99.5 Å². The highest BCUT2D eigenvalue weighted by Crippen LogP contribution is 2.32. The molecule has 0 bridgehead atoms. The molecule has 7 nitrogen and oxygen atoms in total. The Labute approximate surface area is 147 Å². The molecule has 120 valence electrons. The number of thioether (sulfide) groups is 1. The van der Waals surface area contributed by atoms with E-state index < -0.39 is 0 Å². The van der Waals surface area contributed by atoms with Crippen LogP contribution >= 0.6 is 11.8 Å². The van der Waals surface area contributed by atoms with E-state index >= 15 is 0 Å². The summed E-state index contributed by atoms with van der Waals surface area (Å²) in [6.45, 7) is 0.209. The van der Waals surface area contributed by atoms with E-state index in [1.54, 1.807) is 4.68 Å². The summed E-state index contributed by atoms with van der Waals surface area (Å²) in [5.74, 6) is 1.29. The summed E-state index contributed by atoms with van der Waals surface area (Å²) in [7, 11) is 0. The number of fused-ring (bicyclic) bond motifs is 2. The Balaban J connectivity index is 1.53. The van der Waals surface area contributed by atoms with Gasteiger partial charge in [-0.1, -0.05) is 30.3 Å². The highest BCUT2D eigenvalue weighted by Gasteiger charge is 2.25. The van der Waals surface area contributed by atoms with Crippen LogP contribution in [0, 0.1) is 22.7 Å². The van der Waals surface area contributed by atoms with Crippen molar-refractivity contribution in [2.75, 3.05) is 5.43 Å². The van der Waals surface area contributed by atoms with E-state index in [1.807, 2.05) is 54.6 Å². The molecule has 1 aliphatic heterocycles. The molecule has 1 aromatic heterocycles. The predicted molar refractivity (Wildman–Crippen MR) is 91.8 cm³/mol. The number of allylic oxidation sites excluding steroid dienone is 1. The van der Waals surface area contributed by atoms with Crippen LogP contribution in [0.3, 0.4) is 0 Å². The fraction of sp³-hybridized carbons (Fsp3) is 0.0588. The van der Waals surface area contributed by atoms with E-state index in [4.69, 9.17) is 15.3 Å². The van der Waals surface area contributed by atoms with E-state index in [1.165, 1.54) is 11.8 Å². The van der Waals surface area contributed by atoms with Crippen molar-refractivity contribution in [2.24, 2.45) is 0 Å². The number of aromatic nitrogens is 3. The Morgan fingerprint density at radius 2 is 1.92 bits per heavy atom. The summed E-state index contributed by atoms with van der Waals surface area (Å²) in [4.78, 5) is 0. The van der Waals surface area contributed by atoms with Crippen LogP contribution in [-0.2, 0) is 6.61 Å². The second-order valence-corrected chi connectivity index (χ2v) is 6.15. The molecule has 4 rings (SSSR count). The second-order valence-electron chi connectivity index (χ2n) is 5.17. The summed E-state index contributed by atoms with van der Waals surface area (Å²) < 4.78 is 7.43. The van der Waals surface area contributed by atoms with Crippen molar-refractivity contribution < 1.29 is 4.74 Å². The van der Waals surface area contributed by atoms with Gasteiger partial charge in [0.1, 0.15) is 29.5 Å². The van der Waals surface area contributed by atoms with Gasteiger partial charge in [0, 0.05) is 0 Å².